The Bertz CT molecular complexity index is 1280. The fourth-order valence-electron chi connectivity index (χ4n) is 4.35. The summed E-state index contributed by atoms with van der Waals surface area (Å²) in [5, 5.41) is 12.4. The van der Waals surface area contributed by atoms with Crippen LogP contribution in [0.25, 0.3) is 0 Å². The SMILES string of the molecule is COC(OC)c1nc2c(cc1CO[Si](C)(C)C(C)(C)C)CCCN2C(=O)Nc1cc(OCC2CCO2)c(C#N)cn1. The third-order valence-corrected chi connectivity index (χ3v) is 12.5. The van der Waals surface area contributed by atoms with Crippen molar-refractivity contribution in [3.8, 4) is 11.8 Å². The highest BCUT2D eigenvalue weighted by Crippen LogP contribution is 2.38. The molecule has 0 aromatic carbocycles. The maximum atomic E-state index is 13.5. The topological polar surface area (TPSA) is 128 Å². The number of methoxy groups -OCH3 is 2. The van der Waals surface area contributed by atoms with Gasteiger partial charge in [-0.15, -0.1) is 0 Å². The number of carbonyl (C=O) groups is 1. The molecular formula is C29H41N5O6Si. The van der Waals surface area contributed by atoms with E-state index in [2.05, 4.69) is 56.3 Å². The molecule has 0 saturated carbocycles. The molecule has 2 aromatic heterocycles. The number of rotatable bonds is 10. The molecule has 0 aliphatic carbocycles. The summed E-state index contributed by atoms with van der Waals surface area (Å²) in [4.78, 5) is 24.3. The van der Waals surface area contributed by atoms with Crippen LogP contribution in [-0.2, 0) is 31.7 Å². The lowest BCUT2D eigenvalue weighted by molar-refractivity contribution is -0.109. The third-order valence-electron chi connectivity index (χ3n) is 8.01. The van der Waals surface area contributed by atoms with Crippen LogP contribution in [0.4, 0.5) is 16.4 Å². The smallest absolute Gasteiger partial charge is 0.328 e. The second kappa shape index (κ2) is 12.8. The number of fused-ring (bicyclic) bond motifs is 1. The van der Waals surface area contributed by atoms with E-state index in [0.29, 0.717) is 43.6 Å². The van der Waals surface area contributed by atoms with Gasteiger partial charge < -0.3 is 23.4 Å². The summed E-state index contributed by atoms with van der Waals surface area (Å²) in [5.41, 5.74) is 2.70. The van der Waals surface area contributed by atoms with Gasteiger partial charge in [0.15, 0.2) is 8.32 Å². The van der Waals surface area contributed by atoms with E-state index in [0.717, 1.165) is 30.4 Å². The second-order valence-corrected chi connectivity index (χ2v) is 16.6. The fraction of sp³-hybridized carbons (Fsp3) is 0.586. The van der Waals surface area contributed by atoms with Crippen LogP contribution in [0, 0.1) is 11.3 Å². The molecule has 11 nitrogen and oxygen atoms in total. The first-order valence-electron chi connectivity index (χ1n) is 13.9. The molecule has 0 bridgehead atoms. The van der Waals surface area contributed by atoms with Crippen molar-refractivity contribution >= 4 is 26.0 Å². The normalized spacial score (nSPS) is 17.0. The predicted molar refractivity (Wildman–Crippen MR) is 156 cm³/mol. The number of nitriles is 1. The lowest BCUT2D eigenvalue weighted by Gasteiger charge is -2.36. The standard InChI is InChI=1S/C29H41N5O6Si/c1-29(2,3)41(6,7)40-17-20-13-19-9-8-11-34(26(19)33-25(20)27(36-4)37-5)28(35)32-24-14-23(21(15-30)16-31-24)39-18-22-10-12-38-22/h13-14,16,22,27H,8-12,17-18H2,1-7H3,(H,31,32,35). The first kappa shape index (κ1) is 30.9. The lowest BCUT2D eigenvalue weighted by atomic mass is 10.0. The van der Waals surface area contributed by atoms with E-state index in [1.54, 1.807) is 25.2 Å². The van der Waals surface area contributed by atoms with Crippen LogP contribution < -0.4 is 15.0 Å². The average molecular weight is 584 g/mol. The number of amides is 2. The summed E-state index contributed by atoms with van der Waals surface area (Å²) in [5.74, 6) is 1.17. The van der Waals surface area contributed by atoms with Gasteiger partial charge in [0.05, 0.1) is 18.9 Å². The van der Waals surface area contributed by atoms with Gasteiger partial charge in [-0.1, -0.05) is 20.8 Å². The number of pyridine rings is 2. The van der Waals surface area contributed by atoms with Gasteiger partial charge in [-0.3, -0.25) is 10.2 Å². The van der Waals surface area contributed by atoms with E-state index in [9.17, 15) is 10.1 Å². The van der Waals surface area contributed by atoms with Gasteiger partial charge in [0, 0.05) is 45.4 Å². The van der Waals surface area contributed by atoms with Crippen LogP contribution in [0.3, 0.4) is 0 Å². The largest absolute Gasteiger partial charge is 0.489 e. The fourth-order valence-corrected chi connectivity index (χ4v) is 5.30. The highest BCUT2D eigenvalue weighted by atomic mass is 28.4. The minimum atomic E-state index is -2.03. The molecule has 1 unspecified atom stereocenters. The highest BCUT2D eigenvalue weighted by molar-refractivity contribution is 6.74. The molecule has 1 fully saturated rings. The summed E-state index contributed by atoms with van der Waals surface area (Å²) in [6.45, 7) is 12.9. The molecule has 0 spiro atoms. The molecule has 4 rings (SSSR count). The van der Waals surface area contributed by atoms with Crippen LogP contribution in [0.15, 0.2) is 18.3 Å². The number of hydrogen-bond acceptors (Lipinski definition) is 9. The Morgan fingerprint density at radius 2 is 2.02 bits per heavy atom. The van der Waals surface area contributed by atoms with E-state index in [4.69, 9.17) is 28.4 Å². The third kappa shape index (κ3) is 7.05. The van der Waals surface area contributed by atoms with Gasteiger partial charge >= 0.3 is 6.03 Å². The van der Waals surface area contributed by atoms with Gasteiger partial charge in [0.2, 0.25) is 6.29 Å². The molecule has 0 radical (unpaired) electrons. The molecule has 1 N–H and O–H groups in total. The van der Waals surface area contributed by atoms with E-state index in [1.807, 2.05) is 0 Å². The summed E-state index contributed by atoms with van der Waals surface area (Å²) in [6, 6.07) is 5.32. The van der Waals surface area contributed by atoms with Crippen molar-refractivity contribution in [2.75, 3.05) is 44.2 Å². The number of hydrogen-bond donors (Lipinski definition) is 1. The Morgan fingerprint density at radius 3 is 2.63 bits per heavy atom. The zero-order valence-corrected chi connectivity index (χ0v) is 26.1. The molecule has 12 heteroatoms. The summed E-state index contributed by atoms with van der Waals surface area (Å²) >= 11 is 0. The number of urea groups is 1. The van der Waals surface area contributed by atoms with Crippen molar-refractivity contribution < 1.29 is 28.2 Å². The lowest BCUT2D eigenvalue weighted by Crippen LogP contribution is -2.41. The van der Waals surface area contributed by atoms with Crippen molar-refractivity contribution in [2.45, 2.75) is 77.2 Å². The van der Waals surface area contributed by atoms with Crippen molar-refractivity contribution in [3.05, 3.63) is 40.7 Å². The van der Waals surface area contributed by atoms with E-state index in [1.165, 1.54) is 6.20 Å². The molecule has 2 aliphatic heterocycles. The van der Waals surface area contributed by atoms with Gasteiger partial charge in [-0.25, -0.2) is 14.8 Å². The summed E-state index contributed by atoms with van der Waals surface area (Å²) in [6.07, 6.45) is 3.15. The molecule has 41 heavy (non-hydrogen) atoms. The number of nitrogens with zero attached hydrogens (tertiary/aromatic N) is 4. The Labute approximate surface area is 243 Å². The molecule has 1 saturated heterocycles. The molecule has 2 aliphatic rings. The highest BCUT2D eigenvalue weighted by Gasteiger charge is 2.38. The Kier molecular flexibility index (Phi) is 9.66. The van der Waals surface area contributed by atoms with Gasteiger partial charge in [-0.2, -0.15) is 5.26 Å². The number of aromatic nitrogens is 2. The van der Waals surface area contributed by atoms with E-state index >= 15 is 0 Å². The molecular weight excluding hydrogens is 542 g/mol. The molecule has 222 valence electrons. The summed E-state index contributed by atoms with van der Waals surface area (Å²) in [7, 11) is 1.09. The number of anilines is 2. The zero-order chi connectivity index (χ0) is 29.8. The van der Waals surface area contributed by atoms with Crippen LogP contribution in [-0.4, -0.2) is 64.4 Å². The molecule has 4 heterocycles. The maximum Gasteiger partial charge on any atom is 0.328 e. The number of carbonyl (C=O) groups excluding carboxylic acids is 1. The quantitative estimate of drug-likeness (QED) is 0.292. The van der Waals surface area contributed by atoms with E-state index < -0.39 is 14.6 Å². The Balaban J connectivity index is 1.58. The van der Waals surface area contributed by atoms with Crippen LogP contribution in [0.5, 0.6) is 5.75 Å². The first-order chi connectivity index (χ1) is 19.5. The van der Waals surface area contributed by atoms with Crippen molar-refractivity contribution in [3.63, 3.8) is 0 Å². The van der Waals surface area contributed by atoms with Crippen molar-refractivity contribution in [2.24, 2.45) is 0 Å². The van der Waals surface area contributed by atoms with Crippen molar-refractivity contribution in [1.29, 1.82) is 5.26 Å². The number of aryl methyl sites for hydroxylation is 1. The second-order valence-electron chi connectivity index (χ2n) is 11.8. The van der Waals surface area contributed by atoms with Gasteiger partial charge in [-0.05, 0) is 42.6 Å². The zero-order valence-electron chi connectivity index (χ0n) is 25.1. The van der Waals surface area contributed by atoms with Gasteiger partial charge in [0.25, 0.3) is 0 Å². The molecule has 2 amide bonds. The van der Waals surface area contributed by atoms with Crippen molar-refractivity contribution in [1.82, 2.24) is 9.97 Å². The first-order valence-corrected chi connectivity index (χ1v) is 16.8. The molecule has 1 atom stereocenters. The minimum Gasteiger partial charge on any atom is -0.489 e. The van der Waals surface area contributed by atoms with Crippen LogP contribution in [0.2, 0.25) is 18.1 Å². The summed E-state index contributed by atoms with van der Waals surface area (Å²) < 4.78 is 28.9. The monoisotopic (exact) mass is 583 g/mol. The predicted octanol–water partition coefficient (Wildman–Crippen LogP) is 5.31. The van der Waals surface area contributed by atoms with Crippen LogP contribution in [0.1, 0.15) is 62.3 Å². The number of ether oxygens (including phenoxy) is 4. The van der Waals surface area contributed by atoms with Gasteiger partial charge in [0.1, 0.15) is 41.3 Å². The Morgan fingerprint density at radius 1 is 1.29 bits per heavy atom. The maximum absolute atomic E-state index is 13.5. The Hall–Kier alpha value is -3.08. The van der Waals surface area contributed by atoms with E-state index in [-0.39, 0.29) is 28.6 Å². The number of nitrogens with one attached hydrogen (secondary N) is 1. The molecule has 2 aromatic rings. The average Bonchev–Trinajstić information content (AvgIpc) is 2.90. The minimum absolute atomic E-state index is 0.0121. The van der Waals surface area contributed by atoms with Crippen LogP contribution >= 0.6 is 0 Å².